The van der Waals surface area contributed by atoms with Crippen LogP contribution in [0.2, 0.25) is 0 Å². The summed E-state index contributed by atoms with van der Waals surface area (Å²) in [4.78, 5) is 8.02. The molecule has 1 aromatic heterocycles. The molecule has 0 bridgehead atoms. The minimum atomic E-state index is 0.867. The van der Waals surface area contributed by atoms with Gasteiger partial charge in [-0.3, -0.25) is 0 Å². The fraction of sp³-hybridized carbons (Fsp3) is 0. The lowest BCUT2D eigenvalue weighted by Gasteiger charge is -2.19. The topological polar surface area (TPSA) is 28.7 Å². The maximum atomic E-state index is 4.67. The second-order valence-electron chi connectivity index (χ2n) is 11.6. The second-order valence-corrected chi connectivity index (χ2v) is 11.6. The number of hydrogen-bond donors (Lipinski definition) is 1. The number of hydrogen-bond acceptors (Lipinski definition) is 1. The smallest absolute Gasteiger partial charge is 0.137 e. The number of aromatic nitrogens is 2. The Morgan fingerprint density at radius 1 is 0.378 bits per heavy atom. The highest BCUT2D eigenvalue weighted by molar-refractivity contribution is 6.22. The summed E-state index contributed by atoms with van der Waals surface area (Å²) in [6, 6.07) is 55.2. The molecule has 0 atom stereocenters. The van der Waals surface area contributed by atoms with Crippen molar-refractivity contribution in [2.24, 2.45) is 0 Å². The summed E-state index contributed by atoms with van der Waals surface area (Å²) < 4.78 is 0. The van der Waals surface area contributed by atoms with Gasteiger partial charge in [0, 0.05) is 18.0 Å². The van der Waals surface area contributed by atoms with Crippen molar-refractivity contribution in [2.45, 2.75) is 0 Å². The van der Waals surface area contributed by atoms with Gasteiger partial charge < -0.3 is 4.98 Å². The number of imidazole rings is 1. The van der Waals surface area contributed by atoms with Crippen LogP contribution in [0.5, 0.6) is 0 Å². The van der Waals surface area contributed by atoms with Crippen molar-refractivity contribution in [3.05, 3.63) is 164 Å². The number of nitrogens with zero attached hydrogens (tertiary/aromatic N) is 1. The summed E-state index contributed by atoms with van der Waals surface area (Å²) in [5, 5.41) is 9.95. The van der Waals surface area contributed by atoms with Crippen molar-refractivity contribution in [3.8, 4) is 44.8 Å². The Kier molecular flexibility index (Phi) is 5.85. The Balaban J connectivity index is 1.36. The van der Waals surface area contributed by atoms with E-state index in [9.17, 15) is 0 Å². The van der Waals surface area contributed by atoms with Gasteiger partial charge in [-0.1, -0.05) is 140 Å². The molecule has 45 heavy (non-hydrogen) atoms. The van der Waals surface area contributed by atoms with Crippen molar-refractivity contribution in [3.63, 3.8) is 0 Å². The average Bonchev–Trinajstić information content (AvgIpc) is 3.65. The summed E-state index contributed by atoms with van der Waals surface area (Å²) in [6.45, 7) is 0. The molecule has 0 unspecified atom stereocenters. The van der Waals surface area contributed by atoms with E-state index in [4.69, 9.17) is 0 Å². The molecule has 0 spiro atoms. The van der Waals surface area contributed by atoms with Crippen molar-refractivity contribution >= 4 is 43.1 Å². The predicted octanol–water partition coefficient (Wildman–Crippen LogP) is 11.7. The average molecular weight is 573 g/mol. The molecule has 0 aliphatic heterocycles. The molecule has 1 heterocycles. The van der Waals surface area contributed by atoms with Crippen LogP contribution in [0.3, 0.4) is 0 Å². The van der Waals surface area contributed by atoms with Crippen LogP contribution < -0.4 is 0 Å². The van der Waals surface area contributed by atoms with E-state index in [1.54, 1.807) is 0 Å². The number of nitrogens with one attached hydrogen (secondary N) is 1. The largest absolute Gasteiger partial charge is 0.345 e. The van der Waals surface area contributed by atoms with Gasteiger partial charge >= 0.3 is 0 Å². The highest BCUT2D eigenvalue weighted by Crippen LogP contribution is 2.46. The first kappa shape index (κ1) is 25.5. The zero-order chi connectivity index (χ0) is 29.7. The molecule has 9 aromatic rings. The van der Waals surface area contributed by atoms with Crippen LogP contribution in [0.25, 0.3) is 87.9 Å². The van der Waals surface area contributed by atoms with E-state index in [0.29, 0.717) is 0 Å². The minimum absolute atomic E-state index is 0.867. The van der Waals surface area contributed by atoms with Crippen LogP contribution in [0.4, 0.5) is 0 Å². The van der Waals surface area contributed by atoms with Gasteiger partial charge in [0.25, 0.3) is 0 Å². The Hall–Kier alpha value is -5.99. The van der Waals surface area contributed by atoms with Crippen LogP contribution in [0.15, 0.2) is 164 Å². The predicted molar refractivity (Wildman–Crippen MR) is 190 cm³/mol. The van der Waals surface area contributed by atoms with Gasteiger partial charge in [-0.15, -0.1) is 0 Å². The van der Waals surface area contributed by atoms with E-state index in [1.165, 1.54) is 70.9 Å². The highest BCUT2D eigenvalue weighted by atomic mass is 14.9. The third-order valence-corrected chi connectivity index (χ3v) is 9.11. The molecule has 9 rings (SSSR count). The monoisotopic (exact) mass is 572 g/mol. The van der Waals surface area contributed by atoms with Crippen LogP contribution in [-0.2, 0) is 0 Å². The Morgan fingerprint density at radius 2 is 0.933 bits per heavy atom. The SMILES string of the molecule is c1ccc2cc(-c3c4ccccc4c(-c4ccc(-c5ncc[nH]5)c(-c5cccc6ccccc56)c4)c4ccccc34)ccc2c1. The van der Waals surface area contributed by atoms with Gasteiger partial charge in [-0.25, -0.2) is 4.98 Å². The molecule has 8 aromatic carbocycles. The third-order valence-electron chi connectivity index (χ3n) is 9.11. The van der Waals surface area contributed by atoms with Crippen LogP contribution in [0.1, 0.15) is 0 Å². The van der Waals surface area contributed by atoms with Gasteiger partial charge in [-0.05, 0) is 88.6 Å². The molecule has 2 nitrogen and oxygen atoms in total. The fourth-order valence-corrected chi connectivity index (χ4v) is 7.10. The molecule has 0 fully saturated rings. The summed E-state index contributed by atoms with van der Waals surface area (Å²) in [6.07, 6.45) is 3.71. The molecular formula is C43H28N2. The third kappa shape index (κ3) is 4.15. The van der Waals surface area contributed by atoms with Gasteiger partial charge in [0.05, 0.1) is 0 Å². The fourth-order valence-electron chi connectivity index (χ4n) is 7.10. The zero-order valence-electron chi connectivity index (χ0n) is 24.5. The molecule has 0 radical (unpaired) electrons. The van der Waals surface area contributed by atoms with E-state index < -0.39 is 0 Å². The molecule has 1 N–H and O–H groups in total. The van der Waals surface area contributed by atoms with Crippen molar-refractivity contribution < 1.29 is 0 Å². The molecule has 0 aliphatic carbocycles. The van der Waals surface area contributed by atoms with Gasteiger partial charge in [0.1, 0.15) is 5.82 Å². The molecule has 0 aliphatic rings. The minimum Gasteiger partial charge on any atom is -0.345 e. The lowest BCUT2D eigenvalue weighted by atomic mass is 9.84. The number of H-pyrrole nitrogens is 1. The zero-order valence-corrected chi connectivity index (χ0v) is 24.5. The Labute approximate surface area is 261 Å². The van der Waals surface area contributed by atoms with Crippen LogP contribution in [0, 0.1) is 0 Å². The first-order valence-electron chi connectivity index (χ1n) is 15.4. The molecule has 0 amide bonds. The first-order chi connectivity index (χ1) is 22.3. The summed E-state index contributed by atoms with van der Waals surface area (Å²) in [5.41, 5.74) is 8.38. The van der Waals surface area contributed by atoms with Crippen molar-refractivity contribution in [1.29, 1.82) is 0 Å². The molecule has 0 saturated carbocycles. The van der Waals surface area contributed by atoms with E-state index in [0.717, 1.165) is 17.0 Å². The Bertz CT molecular complexity index is 2480. The normalized spacial score (nSPS) is 11.6. The van der Waals surface area contributed by atoms with Crippen LogP contribution >= 0.6 is 0 Å². The number of benzene rings is 8. The highest BCUT2D eigenvalue weighted by Gasteiger charge is 2.19. The summed E-state index contributed by atoms with van der Waals surface area (Å²) in [5.74, 6) is 0.867. The Morgan fingerprint density at radius 3 is 1.60 bits per heavy atom. The van der Waals surface area contributed by atoms with Gasteiger partial charge in [0.15, 0.2) is 0 Å². The summed E-state index contributed by atoms with van der Waals surface area (Å²) in [7, 11) is 0. The van der Waals surface area contributed by atoms with E-state index >= 15 is 0 Å². The van der Waals surface area contributed by atoms with E-state index in [2.05, 4.69) is 162 Å². The number of rotatable bonds is 4. The maximum Gasteiger partial charge on any atom is 0.137 e. The molecular weight excluding hydrogens is 544 g/mol. The van der Waals surface area contributed by atoms with E-state index in [1.807, 2.05) is 12.4 Å². The molecule has 2 heteroatoms. The quantitative estimate of drug-likeness (QED) is 0.209. The first-order valence-corrected chi connectivity index (χ1v) is 15.4. The van der Waals surface area contributed by atoms with Crippen molar-refractivity contribution in [1.82, 2.24) is 9.97 Å². The van der Waals surface area contributed by atoms with E-state index in [-0.39, 0.29) is 0 Å². The van der Waals surface area contributed by atoms with Gasteiger partial charge in [0.2, 0.25) is 0 Å². The standard InChI is InChI=1S/C43H28N2/c1-2-12-30-26-31(21-20-28(30)10-1)41-35-15-5-7-17-37(35)42(38-18-8-6-16-36(38)41)32-22-23-39(43-44-24-25-45-43)40(27-32)34-19-9-13-29-11-3-4-14-33(29)34/h1-27H,(H,44,45). The summed E-state index contributed by atoms with van der Waals surface area (Å²) >= 11 is 0. The number of aromatic amines is 1. The molecule has 210 valence electrons. The second kappa shape index (κ2) is 10.3. The molecule has 0 saturated heterocycles. The number of fused-ring (bicyclic) bond motifs is 4. The lowest BCUT2D eigenvalue weighted by Crippen LogP contribution is -1.93. The maximum absolute atomic E-state index is 4.67. The lowest BCUT2D eigenvalue weighted by molar-refractivity contribution is 1.31. The van der Waals surface area contributed by atoms with Crippen LogP contribution in [-0.4, -0.2) is 9.97 Å². The van der Waals surface area contributed by atoms with Gasteiger partial charge in [-0.2, -0.15) is 0 Å². The van der Waals surface area contributed by atoms with Crippen molar-refractivity contribution in [2.75, 3.05) is 0 Å².